The Bertz CT molecular complexity index is 632. The lowest BCUT2D eigenvalue weighted by molar-refractivity contribution is -0.0101. The van der Waals surface area contributed by atoms with Gasteiger partial charge in [-0.2, -0.15) is 5.48 Å². The van der Waals surface area contributed by atoms with E-state index < -0.39 is 23.6 Å². The standard InChI is InChI=1S/C18H25NO8/c1-18(2,3)27-17(22)19-26-8-6-7-25-14-10-12(15(20)23-4)9-13(11-14)16(21)24-5/h9-11H,6-8H2,1-5H3,(H,19,22). The van der Waals surface area contributed by atoms with Crippen molar-refractivity contribution in [3.63, 3.8) is 0 Å². The summed E-state index contributed by atoms with van der Waals surface area (Å²) in [6.45, 7) is 5.63. The minimum absolute atomic E-state index is 0.165. The van der Waals surface area contributed by atoms with Gasteiger partial charge in [-0.05, 0) is 39.0 Å². The van der Waals surface area contributed by atoms with E-state index in [-0.39, 0.29) is 24.3 Å². The third-order valence-electron chi connectivity index (χ3n) is 2.96. The molecule has 1 amide bonds. The summed E-state index contributed by atoms with van der Waals surface area (Å²) < 4.78 is 19.8. The highest BCUT2D eigenvalue weighted by molar-refractivity contribution is 5.96. The van der Waals surface area contributed by atoms with Gasteiger partial charge < -0.3 is 18.9 Å². The molecule has 0 atom stereocenters. The van der Waals surface area contributed by atoms with Crippen molar-refractivity contribution >= 4 is 18.0 Å². The van der Waals surface area contributed by atoms with Gasteiger partial charge in [0.2, 0.25) is 0 Å². The Morgan fingerprint density at radius 1 is 0.926 bits per heavy atom. The molecule has 1 N–H and O–H groups in total. The van der Waals surface area contributed by atoms with Crippen LogP contribution >= 0.6 is 0 Å². The molecule has 0 heterocycles. The SMILES string of the molecule is COC(=O)c1cc(OCCCONC(=O)OC(C)(C)C)cc(C(=O)OC)c1. The second-order valence-corrected chi connectivity index (χ2v) is 6.38. The summed E-state index contributed by atoms with van der Waals surface area (Å²) in [4.78, 5) is 39.8. The van der Waals surface area contributed by atoms with Gasteiger partial charge in [-0.15, -0.1) is 0 Å². The summed E-state index contributed by atoms with van der Waals surface area (Å²) in [6, 6.07) is 4.27. The van der Waals surface area contributed by atoms with Gasteiger partial charge in [0.25, 0.3) is 0 Å². The van der Waals surface area contributed by atoms with Crippen LogP contribution < -0.4 is 10.2 Å². The first-order valence-corrected chi connectivity index (χ1v) is 8.21. The molecule has 1 aromatic carbocycles. The van der Waals surface area contributed by atoms with Crippen molar-refractivity contribution in [1.29, 1.82) is 0 Å². The third-order valence-corrected chi connectivity index (χ3v) is 2.96. The van der Waals surface area contributed by atoms with Crippen LogP contribution in [0.25, 0.3) is 0 Å². The maximum Gasteiger partial charge on any atom is 0.431 e. The highest BCUT2D eigenvalue weighted by Crippen LogP contribution is 2.19. The van der Waals surface area contributed by atoms with Crippen LogP contribution in [-0.2, 0) is 19.0 Å². The molecule has 0 spiro atoms. The highest BCUT2D eigenvalue weighted by Gasteiger charge is 2.16. The minimum Gasteiger partial charge on any atom is -0.493 e. The topological polar surface area (TPSA) is 109 Å². The largest absolute Gasteiger partial charge is 0.493 e. The fourth-order valence-corrected chi connectivity index (χ4v) is 1.88. The van der Waals surface area contributed by atoms with Crippen molar-refractivity contribution in [2.24, 2.45) is 0 Å². The van der Waals surface area contributed by atoms with E-state index >= 15 is 0 Å². The van der Waals surface area contributed by atoms with E-state index in [1.54, 1.807) is 20.8 Å². The first-order chi connectivity index (χ1) is 12.7. The zero-order valence-corrected chi connectivity index (χ0v) is 16.1. The van der Waals surface area contributed by atoms with E-state index in [1.165, 1.54) is 32.4 Å². The monoisotopic (exact) mass is 383 g/mol. The predicted molar refractivity (Wildman–Crippen MR) is 94.6 cm³/mol. The lowest BCUT2D eigenvalue weighted by Crippen LogP contribution is -2.32. The summed E-state index contributed by atoms with van der Waals surface area (Å²) in [7, 11) is 2.48. The number of hydrogen-bond acceptors (Lipinski definition) is 8. The Morgan fingerprint density at radius 3 is 1.96 bits per heavy atom. The van der Waals surface area contributed by atoms with Gasteiger partial charge >= 0.3 is 18.0 Å². The number of nitrogens with one attached hydrogen (secondary N) is 1. The fraction of sp³-hybridized carbons (Fsp3) is 0.500. The molecule has 0 aromatic heterocycles. The Balaban J connectivity index is 2.51. The lowest BCUT2D eigenvalue weighted by atomic mass is 10.1. The second-order valence-electron chi connectivity index (χ2n) is 6.38. The van der Waals surface area contributed by atoms with Crippen LogP contribution in [0.2, 0.25) is 0 Å². The predicted octanol–water partition coefficient (Wildman–Crippen LogP) is 2.49. The van der Waals surface area contributed by atoms with Crippen molar-refractivity contribution in [3.05, 3.63) is 29.3 Å². The van der Waals surface area contributed by atoms with E-state index in [0.29, 0.717) is 12.2 Å². The molecule has 150 valence electrons. The molecular weight excluding hydrogens is 358 g/mol. The summed E-state index contributed by atoms with van der Waals surface area (Å²) in [5, 5.41) is 0. The van der Waals surface area contributed by atoms with Gasteiger partial charge in [-0.1, -0.05) is 0 Å². The summed E-state index contributed by atoms with van der Waals surface area (Å²) >= 11 is 0. The number of hydrogen-bond donors (Lipinski definition) is 1. The van der Waals surface area contributed by atoms with Crippen LogP contribution in [0.15, 0.2) is 18.2 Å². The summed E-state index contributed by atoms with van der Waals surface area (Å²) in [5.41, 5.74) is 1.88. The molecule has 27 heavy (non-hydrogen) atoms. The van der Waals surface area contributed by atoms with Crippen molar-refractivity contribution < 1.29 is 38.2 Å². The Labute approximate surface area is 157 Å². The van der Waals surface area contributed by atoms with Crippen molar-refractivity contribution in [2.75, 3.05) is 27.4 Å². The molecule has 0 radical (unpaired) electrons. The average Bonchev–Trinajstić information content (AvgIpc) is 2.61. The number of amides is 1. The molecule has 9 nitrogen and oxygen atoms in total. The molecule has 0 aliphatic rings. The number of methoxy groups -OCH3 is 2. The fourth-order valence-electron chi connectivity index (χ4n) is 1.88. The number of benzene rings is 1. The molecule has 1 rings (SSSR count). The first-order valence-electron chi connectivity index (χ1n) is 8.21. The Hall–Kier alpha value is -2.81. The number of carbonyl (C=O) groups excluding carboxylic acids is 3. The molecule has 0 bridgehead atoms. The number of hydroxylamine groups is 1. The lowest BCUT2D eigenvalue weighted by Gasteiger charge is -2.19. The van der Waals surface area contributed by atoms with E-state index in [0.717, 1.165) is 0 Å². The van der Waals surface area contributed by atoms with Crippen LogP contribution in [0.4, 0.5) is 4.79 Å². The molecular formula is C18H25NO8. The molecule has 9 heteroatoms. The van der Waals surface area contributed by atoms with Crippen molar-refractivity contribution in [2.45, 2.75) is 32.8 Å². The van der Waals surface area contributed by atoms with Crippen LogP contribution in [0, 0.1) is 0 Å². The summed E-state index contributed by atoms with van der Waals surface area (Å²) in [6.07, 6.45) is -0.247. The van der Waals surface area contributed by atoms with Crippen molar-refractivity contribution in [3.8, 4) is 5.75 Å². The van der Waals surface area contributed by atoms with Crippen LogP contribution in [0.3, 0.4) is 0 Å². The number of ether oxygens (including phenoxy) is 4. The first kappa shape index (κ1) is 22.2. The Kier molecular flexibility index (Phi) is 8.53. The van der Waals surface area contributed by atoms with Crippen molar-refractivity contribution in [1.82, 2.24) is 5.48 Å². The third kappa shape index (κ3) is 8.41. The van der Waals surface area contributed by atoms with Crippen LogP contribution in [0.1, 0.15) is 47.9 Å². The minimum atomic E-state index is -0.683. The summed E-state index contributed by atoms with van der Waals surface area (Å²) in [5.74, 6) is -0.899. The van der Waals surface area contributed by atoms with Gasteiger partial charge in [0.05, 0.1) is 38.6 Å². The number of carbonyl (C=O) groups is 3. The number of esters is 2. The maximum atomic E-state index is 11.7. The van der Waals surface area contributed by atoms with Gasteiger partial charge in [0, 0.05) is 6.42 Å². The Morgan fingerprint density at radius 2 is 1.48 bits per heavy atom. The second kappa shape index (κ2) is 10.4. The van der Waals surface area contributed by atoms with E-state index in [2.05, 4.69) is 15.0 Å². The highest BCUT2D eigenvalue weighted by atomic mass is 16.7. The van der Waals surface area contributed by atoms with Crippen LogP contribution in [0.5, 0.6) is 5.75 Å². The quantitative estimate of drug-likeness (QED) is 0.316. The van der Waals surface area contributed by atoms with Gasteiger partial charge in [0.15, 0.2) is 0 Å². The molecule has 0 unspecified atom stereocenters. The zero-order chi connectivity index (χ0) is 20.4. The van der Waals surface area contributed by atoms with Gasteiger partial charge in [0.1, 0.15) is 11.4 Å². The molecule has 0 aliphatic carbocycles. The molecule has 1 aromatic rings. The molecule has 0 aliphatic heterocycles. The molecule has 0 saturated heterocycles. The van der Waals surface area contributed by atoms with Crippen LogP contribution in [-0.4, -0.2) is 51.1 Å². The smallest absolute Gasteiger partial charge is 0.431 e. The number of rotatable bonds is 8. The zero-order valence-electron chi connectivity index (χ0n) is 16.1. The van der Waals surface area contributed by atoms with E-state index in [4.69, 9.17) is 14.3 Å². The van der Waals surface area contributed by atoms with Gasteiger partial charge in [-0.25, -0.2) is 14.4 Å². The normalized spacial score (nSPS) is 10.7. The van der Waals surface area contributed by atoms with E-state index in [9.17, 15) is 14.4 Å². The average molecular weight is 383 g/mol. The molecule has 0 fully saturated rings. The van der Waals surface area contributed by atoms with Gasteiger partial charge in [-0.3, -0.25) is 4.84 Å². The molecule has 0 saturated carbocycles. The maximum absolute atomic E-state index is 11.7. The van der Waals surface area contributed by atoms with E-state index in [1.807, 2.05) is 0 Å².